The number of allylic oxidation sites excluding steroid dienone is 1. The lowest BCUT2D eigenvalue weighted by atomic mass is 10.1. The average Bonchev–Trinajstić information content (AvgIpc) is 2.95. The van der Waals surface area contributed by atoms with Crippen molar-refractivity contribution < 1.29 is 28.2 Å². The molecule has 0 aliphatic heterocycles. The summed E-state index contributed by atoms with van der Waals surface area (Å²) >= 11 is 6.40. The lowest BCUT2D eigenvalue weighted by molar-refractivity contribution is -0.118. The van der Waals surface area contributed by atoms with E-state index in [1.807, 2.05) is 0 Å². The number of para-hydroxylation sites is 1. The molecule has 0 bridgehead atoms. The number of anilines is 2. The number of amides is 2. The van der Waals surface area contributed by atoms with Gasteiger partial charge in [-0.25, -0.2) is 4.39 Å². The predicted octanol–water partition coefficient (Wildman–Crippen LogP) is 5.91. The highest BCUT2D eigenvalue weighted by Gasteiger charge is 2.23. The van der Waals surface area contributed by atoms with Gasteiger partial charge in [-0.05, 0) is 31.2 Å². The van der Waals surface area contributed by atoms with Crippen molar-refractivity contribution in [1.29, 1.82) is 0 Å². The summed E-state index contributed by atoms with van der Waals surface area (Å²) in [4.78, 5) is 30.4. The van der Waals surface area contributed by atoms with Crippen LogP contribution in [-0.2, 0) is 9.59 Å². The Hall–Kier alpha value is -4.83. The molecule has 11 heteroatoms. The summed E-state index contributed by atoms with van der Waals surface area (Å²) in [6.07, 6.45) is 1.51. The quantitative estimate of drug-likeness (QED) is 0.132. The second kappa shape index (κ2) is 12.4. The lowest BCUT2D eigenvalue weighted by Crippen LogP contribution is -2.29. The van der Waals surface area contributed by atoms with Gasteiger partial charge < -0.3 is 30.2 Å². The van der Waals surface area contributed by atoms with Crippen molar-refractivity contribution in [2.24, 2.45) is 0 Å². The van der Waals surface area contributed by atoms with Gasteiger partial charge in [0.25, 0.3) is 11.8 Å². The number of halogens is 2. The molecule has 1 aromatic heterocycles. The summed E-state index contributed by atoms with van der Waals surface area (Å²) in [5.41, 5.74) is 1.11. The Kier molecular flexibility index (Phi) is 8.70. The molecule has 3 aromatic carbocycles. The van der Waals surface area contributed by atoms with E-state index in [0.717, 1.165) is 6.07 Å². The third-order valence-electron chi connectivity index (χ3n) is 5.93. The number of hydrogen-bond donors (Lipinski definition) is 3. The smallest absolute Gasteiger partial charge is 0.263 e. The van der Waals surface area contributed by atoms with Gasteiger partial charge in [0.05, 0.1) is 30.4 Å². The fourth-order valence-corrected chi connectivity index (χ4v) is 4.03. The minimum absolute atomic E-state index is 0.00714. The lowest BCUT2D eigenvalue weighted by Gasteiger charge is -2.15. The maximum absolute atomic E-state index is 15.2. The van der Waals surface area contributed by atoms with E-state index in [1.165, 1.54) is 26.5 Å². The van der Waals surface area contributed by atoms with E-state index in [9.17, 15) is 9.59 Å². The van der Waals surface area contributed by atoms with Crippen LogP contribution in [0.2, 0.25) is 5.02 Å². The first-order valence-corrected chi connectivity index (χ1v) is 12.4. The number of nitrogens with zero attached hydrogens (tertiary/aromatic N) is 1. The van der Waals surface area contributed by atoms with Crippen LogP contribution in [0.3, 0.4) is 0 Å². The molecule has 0 unspecified atom stereocenters. The number of benzene rings is 3. The maximum atomic E-state index is 15.2. The summed E-state index contributed by atoms with van der Waals surface area (Å²) < 4.78 is 31.7. The van der Waals surface area contributed by atoms with Gasteiger partial charge in [0.2, 0.25) is 0 Å². The minimum atomic E-state index is -0.797. The number of rotatable bonds is 9. The molecule has 0 spiro atoms. The molecule has 4 aromatic rings. The number of fused-ring (bicyclic) bond motifs is 1. The van der Waals surface area contributed by atoms with Gasteiger partial charge >= 0.3 is 0 Å². The standard InChI is InChI=1S/C29H26ClFN4O5/c1-16(32-2)27(28(36)34-17-8-6-5-7-9-17)29(37)35-22-14-20(31)24(13-19(22)30)40-23-10-11-33-21-15-26(39-4)25(38-3)12-18(21)23/h5-15,32H,1-4H3,(H,34,36)(H,35,37)/b27-16+. The molecule has 9 nitrogen and oxygen atoms in total. The number of pyridine rings is 1. The zero-order valence-corrected chi connectivity index (χ0v) is 22.9. The van der Waals surface area contributed by atoms with Crippen LogP contribution in [0.25, 0.3) is 10.9 Å². The van der Waals surface area contributed by atoms with Gasteiger partial charge in [-0.3, -0.25) is 14.6 Å². The molecule has 0 radical (unpaired) electrons. The monoisotopic (exact) mass is 564 g/mol. The zero-order chi connectivity index (χ0) is 28.8. The molecule has 0 fully saturated rings. The average molecular weight is 565 g/mol. The van der Waals surface area contributed by atoms with Crippen molar-refractivity contribution >= 4 is 45.7 Å². The first-order valence-electron chi connectivity index (χ1n) is 12.0. The SMILES string of the molecule is CN/C(C)=C(\C(=O)Nc1ccccc1)C(=O)Nc1cc(F)c(Oc2ccnc3cc(OC)c(OC)cc23)cc1Cl. The molecule has 0 saturated carbocycles. The molecule has 0 saturated heterocycles. The van der Waals surface area contributed by atoms with Gasteiger partial charge in [-0.15, -0.1) is 0 Å². The number of aromatic nitrogens is 1. The Morgan fingerprint density at radius 2 is 1.55 bits per heavy atom. The summed E-state index contributed by atoms with van der Waals surface area (Å²) in [5, 5.41) is 8.53. The molecule has 2 amide bonds. The van der Waals surface area contributed by atoms with E-state index < -0.39 is 17.6 Å². The van der Waals surface area contributed by atoms with Crippen molar-refractivity contribution in [3.05, 3.63) is 89.0 Å². The molecule has 40 heavy (non-hydrogen) atoms. The second-order valence-corrected chi connectivity index (χ2v) is 8.83. The number of methoxy groups -OCH3 is 2. The molecule has 4 rings (SSSR count). The third-order valence-corrected chi connectivity index (χ3v) is 6.25. The van der Waals surface area contributed by atoms with E-state index in [4.69, 9.17) is 25.8 Å². The molecule has 0 atom stereocenters. The van der Waals surface area contributed by atoms with Gasteiger partial charge in [0.15, 0.2) is 23.1 Å². The van der Waals surface area contributed by atoms with Crippen LogP contribution in [0.5, 0.6) is 23.0 Å². The molecule has 1 heterocycles. The number of ether oxygens (including phenoxy) is 3. The van der Waals surface area contributed by atoms with Crippen LogP contribution in [0.1, 0.15) is 6.92 Å². The molecule has 3 N–H and O–H groups in total. The third kappa shape index (κ3) is 6.08. The molecule has 0 aliphatic carbocycles. The van der Waals surface area contributed by atoms with Crippen molar-refractivity contribution in [3.63, 3.8) is 0 Å². The van der Waals surface area contributed by atoms with Crippen LogP contribution in [-0.4, -0.2) is 38.1 Å². The Morgan fingerprint density at radius 3 is 2.23 bits per heavy atom. The van der Waals surface area contributed by atoms with E-state index >= 15 is 4.39 Å². The Balaban J connectivity index is 1.60. The summed E-state index contributed by atoms with van der Waals surface area (Å²) in [6.45, 7) is 1.57. The van der Waals surface area contributed by atoms with Crippen molar-refractivity contribution in [2.75, 3.05) is 31.9 Å². The fraction of sp³-hybridized carbons (Fsp3) is 0.138. The Morgan fingerprint density at radius 1 is 0.875 bits per heavy atom. The van der Waals surface area contributed by atoms with E-state index in [2.05, 4.69) is 20.9 Å². The number of nitrogens with one attached hydrogen (secondary N) is 3. The van der Waals surface area contributed by atoms with Crippen LogP contribution < -0.4 is 30.2 Å². The van der Waals surface area contributed by atoms with Crippen molar-refractivity contribution in [2.45, 2.75) is 6.92 Å². The Labute approximate surface area is 234 Å². The molecule has 206 valence electrons. The van der Waals surface area contributed by atoms with Crippen LogP contribution in [0.4, 0.5) is 15.8 Å². The molecular weight excluding hydrogens is 539 g/mol. The van der Waals surface area contributed by atoms with E-state index in [1.54, 1.807) is 62.5 Å². The van der Waals surface area contributed by atoms with Crippen molar-refractivity contribution in [3.8, 4) is 23.0 Å². The highest BCUT2D eigenvalue weighted by Crippen LogP contribution is 2.39. The fourth-order valence-electron chi connectivity index (χ4n) is 3.83. The van der Waals surface area contributed by atoms with E-state index in [0.29, 0.717) is 39.5 Å². The van der Waals surface area contributed by atoms with Crippen LogP contribution in [0.15, 0.2) is 78.1 Å². The second-order valence-electron chi connectivity index (χ2n) is 8.42. The summed E-state index contributed by atoms with van der Waals surface area (Å²) in [5.74, 6) is -1.19. The first kappa shape index (κ1) is 28.2. The van der Waals surface area contributed by atoms with Crippen LogP contribution >= 0.6 is 11.6 Å². The normalized spacial score (nSPS) is 11.3. The van der Waals surface area contributed by atoms with Gasteiger partial charge in [-0.2, -0.15) is 0 Å². The topological polar surface area (TPSA) is 111 Å². The van der Waals surface area contributed by atoms with Crippen LogP contribution in [0, 0.1) is 5.82 Å². The Bertz CT molecular complexity index is 1610. The largest absolute Gasteiger partial charge is 0.493 e. The first-order chi connectivity index (χ1) is 19.2. The predicted molar refractivity (Wildman–Crippen MR) is 152 cm³/mol. The van der Waals surface area contributed by atoms with Gasteiger partial charge in [-0.1, -0.05) is 29.8 Å². The molecule has 0 aliphatic rings. The van der Waals surface area contributed by atoms with Gasteiger partial charge in [0.1, 0.15) is 11.3 Å². The number of carbonyl (C=O) groups is 2. The van der Waals surface area contributed by atoms with Crippen molar-refractivity contribution in [1.82, 2.24) is 10.3 Å². The number of hydrogen-bond acceptors (Lipinski definition) is 7. The van der Waals surface area contributed by atoms with E-state index in [-0.39, 0.29) is 22.0 Å². The highest BCUT2D eigenvalue weighted by atomic mass is 35.5. The zero-order valence-electron chi connectivity index (χ0n) is 22.1. The number of carbonyl (C=O) groups excluding carboxylic acids is 2. The maximum Gasteiger partial charge on any atom is 0.263 e. The minimum Gasteiger partial charge on any atom is -0.493 e. The molecular formula is C29H26ClFN4O5. The van der Waals surface area contributed by atoms with Gasteiger partial charge in [0, 0.05) is 48.2 Å². The highest BCUT2D eigenvalue weighted by molar-refractivity contribution is 6.35. The summed E-state index contributed by atoms with van der Waals surface area (Å²) in [6, 6.07) is 15.8. The summed E-state index contributed by atoms with van der Waals surface area (Å²) in [7, 11) is 4.58.